The van der Waals surface area contributed by atoms with Gasteiger partial charge in [-0.25, -0.2) is 33.7 Å². The summed E-state index contributed by atoms with van der Waals surface area (Å²) in [5.41, 5.74) is 3.38. The van der Waals surface area contributed by atoms with E-state index in [1.807, 2.05) is 26.0 Å². The molecule has 0 aliphatic heterocycles. The first kappa shape index (κ1) is 52.4. The van der Waals surface area contributed by atoms with Crippen LogP contribution in [0.4, 0.5) is 0 Å². The van der Waals surface area contributed by atoms with E-state index in [4.69, 9.17) is 0 Å². The fourth-order valence-corrected chi connectivity index (χ4v) is 10.9. The van der Waals surface area contributed by atoms with Gasteiger partial charge in [-0.05, 0) is 88.1 Å². The molecule has 0 heterocycles. The molecule has 0 atom stereocenters. The minimum absolute atomic E-state index is 0.0263. The molecule has 0 aromatic heterocycles. The van der Waals surface area contributed by atoms with Crippen LogP contribution in [0.3, 0.4) is 0 Å². The maximum absolute atomic E-state index is 13.8. The topological polar surface area (TPSA) is 197 Å². The van der Waals surface area contributed by atoms with Crippen molar-refractivity contribution in [3.8, 4) is 59.5 Å². The van der Waals surface area contributed by atoms with Crippen molar-refractivity contribution in [3.05, 3.63) is 119 Å². The molecular formula is C48H48N6O8S4. The first-order valence-corrected chi connectivity index (χ1v) is 26.0. The summed E-state index contributed by atoms with van der Waals surface area (Å²) in [5, 5.41) is 18.4. The summed E-state index contributed by atoms with van der Waals surface area (Å²) in [6.07, 6.45) is -0.185. The highest BCUT2D eigenvalue weighted by Gasteiger charge is 2.27. The normalized spacial score (nSPS) is 11.5. The molecule has 4 aromatic rings. The van der Waals surface area contributed by atoms with Gasteiger partial charge in [0.1, 0.15) is 0 Å². The minimum atomic E-state index is -4.17. The maximum atomic E-state index is 13.8. The van der Waals surface area contributed by atoms with Crippen molar-refractivity contribution in [1.82, 2.24) is 17.2 Å². The van der Waals surface area contributed by atoms with E-state index in [9.17, 15) is 44.2 Å². The van der Waals surface area contributed by atoms with Gasteiger partial charge in [0.2, 0.25) is 40.1 Å². The average Bonchev–Trinajstić information content (AvgIpc) is 3.28. The lowest BCUT2D eigenvalue weighted by Crippen LogP contribution is -2.33. The van der Waals surface area contributed by atoms with Crippen LogP contribution >= 0.6 is 0 Å². The Hall–Kier alpha value is -6.26. The van der Waals surface area contributed by atoms with Crippen LogP contribution in [0.5, 0.6) is 0 Å². The summed E-state index contributed by atoms with van der Waals surface area (Å²) >= 11 is 0. The molecule has 18 heteroatoms. The Morgan fingerprint density at radius 3 is 0.803 bits per heavy atom. The van der Waals surface area contributed by atoms with Crippen LogP contribution in [0.25, 0.3) is 0 Å². The number of hydrogen-bond donors (Lipinski definition) is 0. The maximum Gasteiger partial charge on any atom is 0.244 e. The molecule has 342 valence electrons. The lowest BCUT2D eigenvalue weighted by Gasteiger charge is -2.19. The summed E-state index contributed by atoms with van der Waals surface area (Å²) in [6.45, 7) is 4.83. The van der Waals surface area contributed by atoms with E-state index in [-0.39, 0.29) is 84.8 Å². The molecule has 0 amide bonds. The number of sulfonamides is 4. The van der Waals surface area contributed by atoms with Gasteiger partial charge >= 0.3 is 0 Å². The fraction of sp³-hybridized carbons (Fsp3) is 0.292. The molecule has 4 aromatic carbocycles. The largest absolute Gasteiger partial charge is 0.244 e. The Kier molecular flexibility index (Phi) is 19.3. The Bertz CT molecular complexity index is 2920. The van der Waals surface area contributed by atoms with E-state index in [1.54, 1.807) is 62.4 Å². The number of rotatable bonds is 18. The molecule has 0 unspecified atom stereocenters. The van der Waals surface area contributed by atoms with E-state index >= 15 is 0 Å². The number of hydrogen-bond acceptors (Lipinski definition) is 10. The number of nitrogens with zero attached hydrogens (tertiary/aromatic N) is 6. The lowest BCUT2D eigenvalue weighted by molar-refractivity contribution is 0.452. The molecular weight excluding hydrogens is 917 g/mol. The highest BCUT2D eigenvalue weighted by Crippen LogP contribution is 2.20. The van der Waals surface area contributed by atoms with Crippen LogP contribution in [0.15, 0.2) is 117 Å². The molecule has 0 aliphatic rings. The molecule has 0 fully saturated rings. The second kappa shape index (κ2) is 24.3. The SMILES string of the molecule is Cc1ccc(S(=O)(=O)N(CC#CC#CCN(CC#CCN(CCC#N)S(=O)(=O)c2ccc(C)cc2)S(=O)(=O)c2ccc(C)cc2)CC#CCN(CCC#N)S(=O)(=O)c2ccc(C)cc2)cc1. The molecule has 0 saturated heterocycles. The van der Waals surface area contributed by atoms with Crippen molar-refractivity contribution >= 4 is 40.1 Å². The van der Waals surface area contributed by atoms with Crippen molar-refractivity contribution in [2.45, 2.75) is 60.1 Å². The van der Waals surface area contributed by atoms with Crippen LogP contribution < -0.4 is 0 Å². The molecule has 14 nitrogen and oxygen atoms in total. The van der Waals surface area contributed by atoms with Gasteiger partial charge in [0.25, 0.3) is 0 Å². The second-order valence-corrected chi connectivity index (χ2v) is 22.4. The summed E-state index contributed by atoms with van der Waals surface area (Å²) in [6, 6.07) is 28.6. The van der Waals surface area contributed by atoms with Gasteiger partial charge in [-0.1, -0.05) is 106 Å². The highest BCUT2D eigenvalue weighted by molar-refractivity contribution is 7.90. The van der Waals surface area contributed by atoms with E-state index in [2.05, 4.69) is 47.4 Å². The van der Waals surface area contributed by atoms with E-state index in [0.29, 0.717) is 0 Å². The predicted molar refractivity (Wildman–Crippen MR) is 251 cm³/mol. The molecule has 4 rings (SSSR count). The first-order chi connectivity index (χ1) is 31.3. The number of benzene rings is 4. The molecule has 66 heavy (non-hydrogen) atoms. The molecule has 0 saturated carbocycles. The van der Waals surface area contributed by atoms with Crippen LogP contribution in [-0.2, 0) is 40.1 Å². The van der Waals surface area contributed by atoms with Crippen molar-refractivity contribution in [1.29, 1.82) is 10.5 Å². The summed E-state index contributed by atoms with van der Waals surface area (Å²) in [5.74, 6) is 21.5. The Morgan fingerprint density at radius 1 is 0.348 bits per heavy atom. The number of nitriles is 2. The van der Waals surface area contributed by atoms with Gasteiger partial charge < -0.3 is 0 Å². The van der Waals surface area contributed by atoms with Gasteiger partial charge in [0.15, 0.2) is 0 Å². The summed E-state index contributed by atoms with van der Waals surface area (Å²) in [4.78, 5) is -0.00411. The lowest BCUT2D eigenvalue weighted by atomic mass is 10.2. The van der Waals surface area contributed by atoms with E-state index < -0.39 is 40.1 Å². The molecule has 0 radical (unpaired) electrons. The third-order valence-corrected chi connectivity index (χ3v) is 16.9. The van der Waals surface area contributed by atoms with Gasteiger partial charge in [-0.3, -0.25) is 0 Å². The van der Waals surface area contributed by atoms with Crippen LogP contribution in [0.1, 0.15) is 35.1 Å². The Balaban J connectivity index is 1.58. The summed E-state index contributed by atoms with van der Waals surface area (Å²) in [7, 11) is -16.4. The van der Waals surface area contributed by atoms with E-state index in [1.165, 1.54) is 48.5 Å². The Morgan fingerprint density at radius 2 is 0.561 bits per heavy atom. The second-order valence-electron chi connectivity index (χ2n) is 14.6. The molecule has 0 N–H and O–H groups in total. The molecule has 0 bridgehead atoms. The average molecular weight is 965 g/mol. The quantitative estimate of drug-likeness (QED) is 0.125. The van der Waals surface area contributed by atoms with Crippen molar-refractivity contribution < 1.29 is 33.7 Å². The zero-order chi connectivity index (χ0) is 48.4. The van der Waals surface area contributed by atoms with Gasteiger partial charge in [0, 0.05) is 25.9 Å². The highest BCUT2D eigenvalue weighted by atomic mass is 32.2. The van der Waals surface area contributed by atoms with Gasteiger partial charge in [-0.2, -0.15) is 27.7 Å². The van der Waals surface area contributed by atoms with Crippen molar-refractivity contribution in [2.75, 3.05) is 52.4 Å². The zero-order valence-electron chi connectivity index (χ0n) is 36.9. The van der Waals surface area contributed by atoms with E-state index in [0.717, 1.165) is 39.5 Å². The van der Waals surface area contributed by atoms with Crippen LogP contribution in [-0.4, -0.2) is 103 Å². The monoisotopic (exact) mass is 964 g/mol. The third-order valence-electron chi connectivity index (χ3n) is 9.60. The van der Waals surface area contributed by atoms with Crippen molar-refractivity contribution in [3.63, 3.8) is 0 Å². The molecule has 0 aliphatic carbocycles. The van der Waals surface area contributed by atoms with Crippen LogP contribution in [0.2, 0.25) is 0 Å². The zero-order valence-corrected chi connectivity index (χ0v) is 40.2. The summed E-state index contributed by atoms with van der Waals surface area (Å²) < 4.78 is 113. The smallest absolute Gasteiger partial charge is 0.207 e. The number of aryl methyl sites for hydroxylation is 4. The van der Waals surface area contributed by atoms with Gasteiger partial charge in [0.05, 0.1) is 71.0 Å². The van der Waals surface area contributed by atoms with Gasteiger partial charge in [-0.15, -0.1) is 0 Å². The minimum Gasteiger partial charge on any atom is -0.207 e. The predicted octanol–water partition coefficient (Wildman–Crippen LogP) is 4.82. The fourth-order valence-electron chi connectivity index (χ4n) is 5.73. The standard InChI is InChI=1S/C48H48N6O8S4/c1-41-15-23-45(24-16-41)63(55,56)51(35-9-11-37-53(39-13-31-49)65(59,60)47-27-19-43(3)20-28-47)33-7-5-6-8-34-52(64(57,58)46-25-17-42(2)18-26-46)36-10-12-38-54(40-14-32-50)66(61,62)48-29-21-44(4)22-30-48/h15-30H,13-14,33-40H2,1-4H3. The molecule has 0 spiro atoms. The van der Waals surface area contributed by atoms with Crippen molar-refractivity contribution in [2.24, 2.45) is 0 Å². The Labute approximate surface area is 390 Å². The van der Waals surface area contributed by atoms with Crippen LogP contribution in [0, 0.1) is 97.7 Å². The first-order valence-electron chi connectivity index (χ1n) is 20.2. The third kappa shape index (κ3) is 14.6.